The van der Waals surface area contributed by atoms with Crippen molar-refractivity contribution in [2.75, 3.05) is 25.0 Å². The van der Waals surface area contributed by atoms with Crippen molar-refractivity contribution in [2.45, 2.75) is 32.7 Å². The number of likely N-dealkylation sites (tertiary alicyclic amines) is 1. The van der Waals surface area contributed by atoms with Crippen LogP contribution < -0.4 is 5.32 Å². The number of hydrogen-bond acceptors (Lipinski definition) is 3. The largest absolute Gasteiger partial charge is 0.326 e. The Morgan fingerprint density at radius 1 is 1.05 bits per heavy atom. The van der Waals surface area contributed by atoms with Crippen LogP contribution in [0.15, 0.2) is 36.5 Å². The number of nitrogens with one attached hydrogen (secondary N) is 1. The van der Waals surface area contributed by atoms with Gasteiger partial charge in [0, 0.05) is 25.0 Å². The Morgan fingerprint density at radius 2 is 1.81 bits per heavy atom. The van der Waals surface area contributed by atoms with Gasteiger partial charge in [-0.25, -0.2) is 4.98 Å². The molecule has 1 aromatic carbocycles. The third-order valence-electron chi connectivity index (χ3n) is 4.03. The molecule has 1 N–H and O–H groups in total. The number of rotatable bonds is 5. The minimum atomic E-state index is 0.940. The normalized spacial score (nSPS) is 16.0. The fraction of sp³-hybridized carbons (Fsp3) is 0.471. The van der Waals surface area contributed by atoms with Crippen molar-refractivity contribution in [3.63, 3.8) is 0 Å². The molecule has 2 heterocycles. The SMILES string of the molecule is Cc1cn(CCN2CCCCC2)c(Nc2ccccc2)n1. The van der Waals surface area contributed by atoms with E-state index >= 15 is 0 Å². The van der Waals surface area contributed by atoms with Crippen LogP contribution in [0.25, 0.3) is 0 Å². The standard InChI is InChI=1S/C17H24N4/c1-15-14-21(13-12-20-10-6-3-7-11-20)17(18-15)19-16-8-4-2-5-9-16/h2,4-5,8-9,14H,3,6-7,10-13H2,1H3,(H,18,19). The molecular formula is C17H24N4. The van der Waals surface area contributed by atoms with Crippen LogP contribution in [-0.2, 0) is 6.54 Å². The maximum absolute atomic E-state index is 4.60. The predicted octanol–water partition coefficient (Wildman–Crippen LogP) is 3.42. The maximum atomic E-state index is 4.60. The lowest BCUT2D eigenvalue weighted by Gasteiger charge is -2.26. The van der Waals surface area contributed by atoms with Crippen molar-refractivity contribution in [1.82, 2.24) is 14.5 Å². The summed E-state index contributed by atoms with van der Waals surface area (Å²) in [6, 6.07) is 10.2. The summed E-state index contributed by atoms with van der Waals surface area (Å²) < 4.78 is 2.23. The molecule has 0 bridgehead atoms. The molecule has 1 aliphatic heterocycles. The van der Waals surface area contributed by atoms with Crippen LogP contribution in [0.2, 0.25) is 0 Å². The number of para-hydroxylation sites is 1. The molecule has 0 aliphatic carbocycles. The van der Waals surface area contributed by atoms with E-state index in [1.54, 1.807) is 0 Å². The van der Waals surface area contributed by atoms with E-state index in [1.165, 1.54) is 32.4 Å². The van der Waals surface area contributed by atoms with Gasteiger partial charge >= 0.3 is 0 Å². The molecule has 0 amide bonds. The van der Waals surface area contributed by atoms with Gasteiger partial charge in [-0.2, -0.15) is 0 Å². The van der Waals surface area contributed by atoms with Crippen molar-refractivity contribution in [2.24, 2.45) is 0 Å². The Kier molecular flexibility index (Phi) is 4.55. The molecule has 0 spiro atoms. The van der Waals surface area contributed by atoms with Gasteiger partial charge in [0.25, 0.3) is 0 Å². The number of imidazole rings is 1. The average Bonchev–Trinajstić information content (AvgIpc) is 2.87. The maximum Gasteiger partial charge on any atom is 0.207 e. The lowest BCUT2D eigenvalue weighted by molar-refractivity contribution is 0.221. The Bertz CT molecular complexity index is 555. The second kappa shape index (κ2) is 6.76. The molecule has 0 atom stereocenters. The first kappa shape index (κ1) is 14.1. The number of piperidine rings is 1. The fourth-order valence-corrected chi connectivity index (χ4v) is 2.90. The lowest BCUT2D eigenvalue weighted by atomic mass is 10.1. The van der Waals surface area contributed by atoms with Gasteiger partial charge in [0.15, 0.2) is 0 Å². The molecule has 4 heteroatoms. The number of anilines is 2. The van der Waals surface area contributed by atoms with Gasteiger partial charge in [0.1, 0.15) is 0 Å². The topological polar surface area (TPSA) is 33.1 Å². The molecule has 0 unspecified atom stereocenters. The molecule has 1 aromatic heterocycles. The summed E-state index contributed by atoms with van der Waals surface area (Å²) in [6.07, 6.45) is 6.22. The monoisotopic (exact) mass is 284 g/mol. The minimum Gasteiger partial charge on any atom is -0.326 e. The second-order valence-corrected chi connectivity index (χ2v) is 5.79. The van der Waals surface area contributed by atoms with Gasteiger partial charge in [0.2, 0.25) is 5.95 Å². The van der Waals surface area contributed by atoms with E-state index in [0.29, 0.717) is 0 Å². The smallest absolute Gasteiger partial charge is 0.207 e. The van der Waals surface area contributed by atoms with E-state index < -0.39 is 0 Å². The molecule has 2 aromatic rings. The van der Waals surface area contributed by atoms with Crippen molar-refractivity contribution in [1.29, 1.82) is 0 Å². The van der Waals surface area contributed by atoms with Gasteiger partial charge in [-0.3, -0.25) is 0 Å². The highest BCUT2D eigenvalue weighted by Gasteiger charge is 2.11. The zero-order chi connectivity index (χ0) is 14.5. The zero-order valence-corrected chi connectivity index (χ0v) is 12.8. The highest BCUT2D eigenvalue weighted by Crippen LogP contribution is 2.16. The van der Waals surface area contributed by atoms with Crippen LogP contribution >= 0.6 is 0 Å². The molecular weight excluding hydrogens is 260 g/mol. The first-order valence-electron chi connectivity index (χ1n) is 7.89. The van der Waals surface area contributed by atoms with E-state index in [0.717, 1.165) is 30.4 Å². The molecule has 0 radical (unpaired) electrons. The number of aromatic nitrogens is 2. The second-order valence-electron chi connectivity index (χ2n) is 5.79. The third kappa shape index (κ3) is 3.85. The van der Waals surface area contributed by atoms with Crippen LogP contribution in [0.5, 0.6) is 0 Å². The van der Waals surface area contributed by atoms with Gasteiger partial charge < -0.3 is 14.8 Å². The minimum absolute atomic E-state index is 0.940. The van der Waals surface area contributed by atoms with Gasteiger partial charge in [0.05, 0.1) is 5.69 Å². The molecule has 1 saturated heterocycles. The average molecular weight is 284 g/mol. The summed E-state index contributed by atoms with van der Waals surface area (Å²) in [5, 5.41) is 3.41. The van der Waals surface area contributed by atoms with Crippen LogP contribution in [0.3, 0.4) is 0 Å². The Labute approximate surface area is 126 Å². The first-order chi connectivity index (χ1) is 10.3. The van der Waals surface area contributed by atoms with Crippen LogP contribution in [0, 0.1) is 6.92 Å². The summed E-state index contributed by atoms with van der Waals surface area (Å²) in [6.45, 7) is 6.65. The summed E-state index contributed by atoms with van der Waals surface area (Å²) >= 11 is 0. The number of nitrogens with zero attached hydrogens (tertiary/aromatic N) is 3. The summed E-state index contributed by atoms with van der Waals surface area (Å²) in [5.41, 5.74) is 2.15. The third-order valence-corrected chi connectivity index (χ3v) is 4.03. The molecule has 1 aliphatic rings. The van der Waals surface area contributed by atoms with Crippen molar-refractivity contribution in [3.8, 4) is 0 Å². The number of aryl methyl sites for hydroxylation is 1. The quantitative estimate of drug-likeness (QED) is 0.913. The van der Waals surface area contributed by atoms with Gasteiger partial charge in [-0.1, -0.05) is 24.6 Å². The van der Waals surface area contributed by atoms with Crippen molar-refractivity contribution < 1.29 is 0 Å². The molecule has 21 heavy (non-hydrogen) atoms. The molecule has 0 saturated carbocycles. The van der Waals surface area contributed by atoms with E-state index in [4.69, 9.17) is 0 Å². The van der Waals surface area contributed by atoms with E-state index in [-0.39, 0.29) is 0 Å². The van der Waals surface area contributed by atoms with Crippen molar-refractivity contribution >= 4 is 11.6 Å². The Hall–Kier alpha value is -1.81. The predicted molar refractivity (Wildman–Crippen MR) is 87.0 cm³/mol. The number of hydrogen-bond donors (Lipinski definition) is 1. The van der Waals surface area contributed by atoms with Crippen LogP contribution in [-0.4, -0.2) is 34.1 Å². The number of benzene rings is 1. The van der Waals surface area contributed by atoms with E-state index in [2.05, 4.69) is 38.1 Å². The summed E-state index contributed by atoms with van der Waals surface area (Å²) in [4.78, 5) is 7.16. The lowest BCUT2D eigenvalue weighted by Crippen LogP contribution is -2.32. The van der Waals surface area contributed by atoms with Gasteiger partial charge in [-0.05, 0) is 45.0 Å². The first-order valence-corrected chi connectivity index (χ1v) is 7.89. The Morgan fingerprint density at radius 3 is 2.57 bits per heavy atom. The van der Waals surface area contributed by atoms with E-state index in [9.17, 15) is 0 Å². The zero-order valence-electron chi connectivity index (χ0n) is 12.8. The molecule has 112 valence electrons. The summed E-state index contributed by atoms with van der Waals surface area (Å²) in [7, 11) is 0. The van der Waals surface area contributed by atoms with Crippen LogP contribution in [0.4, 0.5) is 11.6 Å². The highest BCUT2D eigenvalue weighted by atomic mass is 15.2. The van der Waals surface area contributed by atoms with Crippen molar-refractivity contribution in [3.05, 3.63) is 42.2 Å². The fourth-order valence-electron chi connectivity index (χ4n) is 2.90. The van der Waals surface area contributed by atoms with E-state index in [1.807, 2.05) is 25.1 Å². The molecule has 1 fully saturated rings. The molecule has 3 rings (SSSR count). The molecule has 4 nitrogen and oxygen atoms in total. The van der Waals surface area contributed by atoms with Gasteiger partial charge in [-0.15, -0.1) is 0 Å². The summed E-state index contributed by atoms with van der Waals surface area (Å²) in [5.74, 6) is 0.940. The van der Waals surface area contributed by atoms with Crippen LogP contribution in [0.1, 0.15) is 25.0 Å². The highest BCUT2D eigenvalue weighted by molar-refractivity contribution is 5.53. The Balaban J connectivity index is 1.64.